The fourth-order valence-corrected chi connectivity index (χ4v) is 2.79. The third kappa shape index (κ3) is 1.54. The van der Waals surface area contributed by atoms with Gasteiger partial charge in [-0.05, 0) is 25.0 Å². The average molecular weight is 196 g/mol. The van der Waals surface area contributed by atoms with E-state index < -0.39 is 16.7 Å². The van der Waals surface area contributed by atoms with Crippen LogP contribution < -0.4 is 0 Å². The van der Waals surface area contributed by atoms with Crippen molar-refractivity contribution in [1.29, 1.82) is 0 Å². The Hall–Kier alpha value is -0.670. The van der Waals surface area contributed by atoms with Crippen molar-refractivity contribution in [2.45, 2.75) is 25.2 Å². The molecule has 1 aromatic carbocycles. The smallest absolute Gasteiger partial charge is 0.160 e. The first-order valence-corrected chi connectivity index (χ1v) is 5.50. The Bertz CT molecular complexity index is 358. The molecular weight excluding hydrogens is 184 g/mol. The van der Waals surface area contributed by atoms with Crippen LogP contribution in [0.4, 0.5) is 0 Å². The zero-order valence-corrected chi connectivity index (χ0v) is 8.56. The molecule has 1 aromatic rings. The molecule has 1 unspecified atom stereocenters. The van der Waals surface area contributed by atoms with Gasteiger partial charge in [0.05, 0.1) is 5.75 Å². The summed E-state index contributed by atoms with van der Waals surface area (Å²) in [6.45, 7) is 3.89. The summed E-state index contributed by atoms with van der Waals surface area (Å²) in [7, 11) is 0. The maximum atomic E-state index is 11.3. The number of hydrogen-bond donors (Lipinski definition) is 0. The Balaban J connectivity index is 2.56. The van der Waals surface area contributed by atoms with Gasteiger partial charge < -0.3 is 0 Å². The average Bonchev–Trinajstić information content (AvgIpc) is 2.02. The van der Waals surface area contributed by atoms with Gasteiger partial charge in [-0.3, -0.25) is 4.18 Å². The van der Waals surface area contributed by atoms with E-state index in [0.717, 1.165) is 11.1 Å². The quantitative estimate of drug-likeness (QED) is 0.635. The zero-order chi connectivity index (χ0) is 9.47. The van der Waals surface area contributed by atoms with Gasteiger partial charge in [0.15, 0.2) is 11.1 Å². The highest BCUT2D eigenvalue weighted by atomic mass is 32.2. The monoisotopic (exact) mass is 196 g/mol. The molecule has 0 fully saturated rings. The van der Waals surface area contributed by atoms with Gasteiger partial charge >= 0.3 is 0 Å². The van der Waals surface area contributed by atoms with Crippen LogP contribution in [-0.4, -0.2) is 4.21 Å². The highest BCUT2D eigenvalue weighted by Crippen LogP contribution is 2.33. The third-order valence-corrected chi connectivity index (χ3v) is 3.39. The largest absolute Gasteiger partial charge is 0.279 e. The minimum atomic E-state index is -1.17. The van der Waals surface area contributed by atoms with Crippen molar-refractivity contribution < 1.29 is 8.39 Å². The van der Waals surface area contributed by atoms with E-state index in [1.165, 1.54) is 0 Å². The molecule has 0 saturated carbocycles. The van der Waals surface area contributed by atoms with Gasteiger partial charge in [-0.1, -0.05) is 24.3 Å². The molecular formula is C10H12O2S. The molecule has 1 aliphatic heterocycles. The molecule has 3 heteroatoms. The lowest BCUT2D eigenvalue weighted by Gasteiger charge is -2.31. The minimum absolute atomic E-state index is 0.417. The van der Waals surface area contributed by atoms with Crippen molar-refractivity contribution in [2.24, 2.45) is 0 Å². The zero-order valence-electron chi connectivity index (χ0n) is 7.74. The summed E-state index contributed by atoms with van der Waals surface area (Å²) >= 11 is -1.17. The lowest BCUT2D eigenvalue weighted by atomic mass is 9.94. The lowest BCUT2D eigenvalue weighted by Crippen LogP contribution is -2.29. The highest BCUT2D eigenvalue weighted by Gasteiger charge is 2.31. The fraction of sp³-hybridized carbons (Fsp3) is 0.400. The predicted molar refractivity (Wildman–Crippen MR) is 52.4 cm³/mol. The third-order valence-electron chi connectivity index (χ3n) is 2.24. The molecule has 0 aliphatic carbocycles. The first-order chi connectivity index (χ1) is 6.09. The van der Waals surface area contributed by atoms with Crippen LogP contribution in [0.2, 0.25) is 0 Å². The van der Waals surface area contributed by atoms with Crippen LogP contribution >= 0.6 is 0 Å². The van der Waals surface area contributed by atoms with E-state index in [2.05, 4.69) is 0 Å². The maximum Gasteiger partial charge on any atom is 0.160 e. The number of rotatable bonds is 0. The Kier molecular flexibility index (Phi) is 2.00. The van der Waals surface area contributed by atoms with E-state index in [9.17, 15) is 4.21 Å². The van der Waals surface area contributed by atoms with Crippen molar-refractivity contribution in [3.05, 3.63) is 35.4 Å². The molecule has 0 radical (unpaired) electrons. The van der Waals surface area contributed by atoms with Gasteiger partial charge in [-0.2, -0.15) is 0 Å². The standard InChI is InChI=1S/C10H12O2S/c1-10(2)9-6-4-3-5-8(9)7-13(11)12-10/h3-6H,7H2,1-2H3. The minimum Gasteiger partial charge on any atom is -0.279 e. The Morgan fingerprint density at radius 3 is 2.85 bits per heavy atom. The molecule has 1 atom stereocenters. The van der Waals surface area contributed by atoms with Crippen molar-refractivity contribution in [3.8, 4) is 0 Å². The molecule has 2 rings (SSSR count). The van der Waals surface area contributed by atoms with Gasteiger partial charge in [0.2, 0.25) is 0 Å². The summed E-state index contributed by atoms with van der Waals surface area (Å²) in [6, 6.07) is 8.00. The van der Waals surface area contributed by atoms with Gasteiger partial charge in [-0.15, -0.1) is 0 Å². The maximum absolute atomic E-state index is 11.3. The molecule has 1 heterocycles. The molecule has 2 nitrogen and oxygen atoms in total. The topological polar surface area (TPSA) is 26.3 Å². The van der Waals surface area contributed by atoms with Crippen molar-refractivity contribution in [1.82, 2.24) is 0 Å². The van der Waals surface area contributed by atoms with Gasteiger partial charge in [0.1, 0.15) is 5.60 Å². The number of fused-ring (bicyclic) bond motifs is 1. The first-order valence-electron chi connectivity index (χ1n) is 4.26. The van der Waals surface area contributed by atoms with E-state index in [-0.39, 0.29) is 0 Å². The van der Waals surface area contributed by atoms with E-state index in [1.807, 2.05) is 38.1 Å². The van der Waals surface area contributed by atoms with E-state index in [0.29, 0.717) is 5.75 Å². The second-order valence-corrected chi connectivity index (χ2v) is 4.76. The SMILES string of the molecule is CC1(C)OS(=O)Cc2ccccc21. The fourth-order valence-electron chi connectivity index (χ4n) is 1.67. The summed E-state index contributed by atoms with van der Waals surface area (Å²) in [5.41, 5.74) is 1.87. The second-order valence-electron chi connectivity index (χ2n) is 3.70. The molecule has 0 saturated heterocycles. The van der Waals surface area contributed by atoms with E-state index in [4.69, 9.17) is 4.18 Å². The number of hydrogen-bond acceptors (Lipinski definition) is 2. The summed E-state index contributed by atoms with van der Waals surface area (Å²) in [5, 5.41) is 0. The molecule has 0 amide bonds. The Morgan fingerprint density at radius 1 is 1.38 bits per heavy atom. The summed E-state index contributed by atoms with van der Waals surface area (Å²) in [4.78, 5) is 0. The van der Waals surface area contributed by atoms with Crippen LogP contribution in [0.1, 0.15) is 25.0 Å². The first kappa shape index (κ1) is 8.91. The Labute approximate surface area is 80.6 Å². The lowest BCUT2D eigenvalue weighted by molar-refractivity contribution is 0.122. The van der Waals surface area contributed by atoms with Gasteiger partial charge in [0.25, 0.3) is 0 Å². The van der Waals surface area contributed by atoms with Crippen molar-refractivity contribution in [3.63, 3.8) is 0 Å². The van der Waals surface area contributed by atoms with Gasteiger partial charge in [-0.25, -0.2) is 4.21 Å². The normalized spacial score (nSPS) is 25.2. The van der Waals surface area contributed by atoms with Crippen molar-refractivity contribution >= 4 is 11.1 Å². The van der Waals surface area contributed by atoms with Crippen LogP contribution in [0, 0.1) is 0 Å². The van der Waals surface area contributed by atoms with Crippen molar-refractivity contribution in [2.75, 3.05) is 0 Å². The van der Waals surface area contributed by atoms with Crippen LogP contribution in [0.25, 0.3) is 0 Å². The van der Waals surface area contributed by atoms with E-state index in [1.54, 1.807) is 0 Å². The summed E-state index contributed by atoms with van der Waals surface area (Å²) in [6.07, 6.45) is 0. The van der Waals surface area contributed by atoms with Gasteiger partial charge in [0, 0.05) is 0 Å². The molecule has 0 bridgehead atoms. The second kappa shape index (κ2) is 2.93. The number of benzene rings is 1. The molecule has 0 N–H and O–H groups in total. The van der Waals surface area contributed by atoms with E-state index >= 15 is 0 Å². The molecule has 13 heavy (non-hydrogen) atoms. The summed E-state index contributed by atoms with van der Waals surface area (Å²) in [5.74, 6) is 0.513. The molecule has 70 valence electrons. The van der Waals surface area contributed by atoms with Crippen LogP contribution in [0.3, 0.4) is 0 Å². The van der Waals surface area contributed by atoms with Crippen LogP contribution in [-0.2, 0) is 26.6 Å². The Morgan fingerprint density at radius 2 is 2.08 bits per heavy atom. The molecule has 1 aliphatic rings. The predicted octanol–water partition coefficient (Wildman–Crippen LogP) is 2.12. The summed E-state index contributed by atoms with van der Waals surface area (Å²) < 4.78 is 16.7. The molecule has 0 spiro atoms. The highest BCUT2D eigenvalue weighted by molar-refractivity contribution is 7.79. The van der Waals surface area contributed by atoms with Crippen LogP contribution in [0.15, 0.2) is 24.3 Å². The van der Waals surface area contributed by atoms with Crippen LogP contribution in [0.5, 0.6) is 0 Å². The molecule has 0 aromatic heterocycles.